The molecular formula is C11H19NO3S. The van der Waals surface area contributed by atoms with Crippen LogP contribution in [0.4, 0.5) is 0 Å². The number of carbonyl (C=O) groups excluding carboxylic acids is 1. The van der Waals surface area contributed by atoms with Crippen LogP contribution >= 0.6 is 11.8 Å². The second kappa shape index (κ2) is 3.95. The van der Waals surface area contributed by atoms with Crippen LogP contribution in [0.5, 0.6) is 0 Å². The Hall–Kier alpha value is -0.710. The van der Waals surface area contributed by atoms with Gasteiger partial charge in [0.25, 0.3) is 0 Å². The minimum absolute atomic E-state index is 0.0991. The number of carbonyl (C=O) groups is 2. The number of hydrogen-bond acceptors (Lipinski definition) is 3. The SMILES string of the molecule is CC(C)(C)C(=O)N1CSC(C)(C)[C@H]1C(=O)O. The summed E-state index contributed by atoms with van der Waals surface area (Å²) in [5, 5.41) is 9.23. The lowest BCUT2D eigenvalue weighted by atomic mass is 9.92. The summed E-state index contributed by atoms with van der Waals surface area (Å²) in [5.41, 5.74) is -0.533. The monoisotopic (exact) mass is 245 g/mol. The summed E-state index contributed by atoms with van der Waals surface area (Å²) in [6.45, 7) is 9.16. The van der Waals surface area contributed by atoms with Crippen LogP contribution in [0, 0.1) is 5.41 Å². The molecule has 0 saturated carbocycles. The molecule has 1 aliphatic heterocycles. The Labute approximate surface area is 100 Å². The molecule has 1 aliphatic rings. The van der Waals surface area contributed by atoms with Gasteiger partial charge in [-0.05, 0) is 13.8 Å². The maximum atomic E-state index is 12.1. The van der Waals surface area contributed by atoms with E-state index in [1.54, 1.807) is 0 Å². The molecule has 0 spiro atoms. The van der Waals surface area contributed by atoms with Crippen molar-refractivity contribution in [3.8, 4) is 0 Å². The van der Waals surface area contributed by atoms with Gasteiger partial charge in [-0.3, -0.25) is 4.79 Å². The summed E-state index contributed by atoms with van der Waals surface area (Å²) in [6.07, 6.45) is 0. The van der Waals surface area contributed by atoms with Crippen LogP contribution in [-0.2, 0) is 9.59 Å². The van der Waals surface area contributed by atoms with Crippen LogP contribution < -0.4 is 0 Å². The minimum atomic E-state index is -0.924. The van der Waals surface area contributed by atoms with Gasteiger partial charge in [-0.1, -0.05) is 20.8 Å². The zero-order valence-corrected chi connectivity index (χ0v) is 11.2. The molecular weight excluding hydrogens is 226 g/mol. The topological polar surface area (TPSA) is 57.6 Å². The summed E-state index contributed by atoms with van der Waals surface area (Å²) < 4.78 is -0.424. The van der Waals surface area contributed by atoms with Crippen molar-refractivity contribution < 1.29 is 14.7 Å². The van der Waals surface area contributed by atoms with E-state index in [-0.39, 0.29) is 5.91 Å². The highest BCUT2D eigenvalue weighted by molar-refractivity contribution is 8.00. The lowest BCUT2D eigenvalue weighted by molar-refractivity contribution is -0.153. The second-order valence-electron chi connectivity index (χ2n) is 5.64. The van der Waals surface area contributed by atoms with Crippen LogP contribution in [-0.4, -0.2) is 38.5 Å². The van der Waals surface area contributed by atoms with E-state index in [1.807, 2.05) is 34.6 Å². The van der Waals surface area contributed by atoms with Gasteiger partial charge in [-0.2, -0.15) is 0 Å². The molecule has 1 saturated heterocycles. The normalized spacial score (nSPS) is 24.6. The molecule has 1 atom stereocenters. The van der Waals surface area contributed by atoms with Crippen LogP contribution in [0.3, 0.4) is 0 Å². The van der Waals surface area contributed by atoms with Crippen molar-refractivity contribution in [2.45, 2.75) is 45.4 Å². The molecule has 0 unspecified atom stereocenters. The average Bonchev–Trinajstić information content (AvgIpc) is 2.37. The van der Waals surface area contributed by atoms with Crippen LogP contribution in [0.25, 0.3) is 0 Å². The fourth-order valence-electron chi connectivity index (χ4n) is 1.80. The third-order valence-corrected chi connectivity index (χ3v) is 4.06. The number of thioether (sulfide) groups is 1. The molecule has 16 heavy (non-hydrogen) atoms. The molecule has 5 heteroatoms. The van der Waals surface area contributed by atoms with Gasteiger partial charge in [-0.15, -0.1) is 11.8 Å². The first-order valence-electron chi connectivity index (χ1n) is 5.25. The molecule has 0 bridgehead atoms. The highest BCUT2D eigenvalue weighted by Crippen LogP contribution is 2.41. The van der Waals surface area contributed by atoms with Crippen LogP contribution in [0.2, 0.25) is 0 Å². The maximum absolute atomic E-state index is 12.1. The first-order valence-corrected chi connectivity index (χ1v) is 6.24. The van der Waals surface area contributed by atoms with E-state index in [2.05, 4.69) is 0 Å². The van der Waals surface area contributed by atoms with Gasteiger partial charge in [0.05, 0.1) is 5.88 Å². The lowest BCUT2D eigenvalue weighted by Crippen LogP contribution is -2.51. The van der Waals surface area contributed by atoms with E-state index in [0.29, 0.717) is 5.88 Å². The Morgan fingerprint density at radius 1 is 1.38 bits per heavy atom. The van der Waals surface area contributed by atoms with E-state index in [9.17, 15) is 14.7 Å². The maximum Gasteiger partial charge on any atom is 0.327 e. The Bertz CT molecular complexity index is 320. The molecule has 1 rings (SSSR count). The molecule has 1 amide bonds. The average molecular weight is 245 g/mol. The summed E-state index contributed by atoms with van der Waals surface area (Å²) in [4.78, 5) is 24.8. The van der Waals surface area contributed by atoms with E-state index in [4.69, 9.17) is 0 Å². The quantitative estimate of drug-likeness (QED) is 0.765. The number of carboxylic acid groups (broad SMARTS) is 1. The zero-order chi connectivity index (χ0) is 12.7. The standard InChI is InChI=1S/C11H19NO3S/c1-10(2,3)9(15)12-6-16-11(4,5)7(12)8(13)14/h7H,6H2,1-5H3,(H,13,14)/t7-/m1/s1. The molecule has 0 aromatic rings. The third kappa shape index (κ3) is 2.34. The van der Waals surface area contributed by atoms with Gasteiger partial charge in [0.1, 0.15) is 6.04 Å². The van der Waals surface area contributed by atoms with Gasteiger partial charge in [0.2, 0.25) is 5.91 Å². The van der Waals surface area contributed by atoms with Crippen molar-refractivity contribution in [2.75, 3.05) is 5.88 Å². The number of aliphatic carboxylic acids is 1. The first kappa shape index (κ1) is 13.4. The van der Waals surface area contributed by atoms with Crippen molar-refractivity contribution in [1.29, 1.82) is 0 Å². The third-order valence-electron chi connectivity index (χ3n) is 2.68. The summed E-state index contributed by atoms with van der Waals surface area (Å²) >= 11 is 1.51. The minimum Gasteiger partial charge on any atom is -0.480 e. The highest BCUT2D eigenvalue weighted by Gasteiger charge is 2.49. The Balaban J connectivity index is 2.99. The second-order valence-corrected chi connectivity index (χ2v) is 7.24. The van der Waals surface area contributed by atoms with Crippen LogP contribution in [0.1, 0.15) is 34.6 Å². The van der Waals surface area contributed by atoms with Crippen molar-refractivity contribution in [2.24, 2.45) is 5.41 Å². The molecule has 1 N–H and O–H groups in total. The van der Waals surface area contributed by atoms with Gasteiger partial charge in [0, 0.05) is 10.2 Å². The lowest BCUT2D eigenvalue weighted by Gasteiger charge is -2.31. The smallest absolute Gasteiger partial charge is 0.327 e. The molecule has 4 nitrogen and oxygen atoms in total. The number of rotatable bonds is 1. The molecule has 1 heterocycles. The Morgan fingerprint density at radius 2 is 1.88 bits per heavy atom. The molecule has 0 aromatic carbocycles. The highest BCUT2D eigenvalue weighted by atomic mass is 32.2. The molecule has 0 radical (unpaired) electrons. The summed E-state index contributed by atoms with van der Waals surface area (Å²) in [5.74, 6) is -0.564. The van der Waals surface area contributed by atoms with E-state index in [1.165, 1.54) is 16.7 Å². The van der Waals surface area contributed by atoms with Gasteiger partial charge >= 0.3 is 5.97 Å². The fourth-order valence-corrected chi connectivity index (χ4v) is 2.93. The Morgan fingerprint density at radius 3 is 2.25 bits per heavy atom. The fraction of sp³-hybridized carbons (Fsp3) is 0.818. The van der Waals surface area contributed by atoms with Gasteiger partial charge < -0.3 is 10.0 Å². The zero-order valence-electron chi connectivity index (χ0n) is 10.4. The van der Waals surface area contributed by atoms with E-state index >= 15 is 0 Å². The number of hydrogen-bond donors (Lipinski definition) is 1. The van der Waals surface area contributed by atoms with E-state index < -0.39 is 22.2 Å². The van der Waals surface area contributed by atoms with E-state index in [0.717, 1.165) is 0 Å². The van der Waals surface area contributed by atoms with Crippen molar-refractivity contribution in [1.82, 2.24) is 4.90 Å². The molecule has 92 valence electrons. The molecule has 1 fully saturated rings. The predicted octanol–water partition coefficient (Wildman–Crippen LogP) is 1.80. The van der Waals surface area contributed by atoms with Gasteiger partial charge in [0.15, 0.2) is 0 Å². The number of nitrogens with zero attached hydrogens (tertiary/aromatic N) is 1. The van der Waals surface area contributed by atoms with Crippen molar-refractivity contribution >= 4 is 23.6 Å². The van der Waals surface area contributed by atoms with Crippen molar-refractivity contribution in [3.63, 3.8) is 0 Å². The largest absolute Gasteiger partial charge is 0.480 e. The first-order chi connectivity index (χ1) is 7.07. The molecule has 0 aromatic heterocycles. The summed E-state index contributed by atoms with van der Waals surface area (Å²) in [6, 6.07) is -0.732. The van der Waals surface area contributed by atoms with Crippen LogP contribution in [0.15, 0.2) is 0 Å². The van der Waals surface area contributed by atoms with Crippen molar-refractivity contribution in [3.05, 3.63) is 0 Å². The Kier molecular flexibility index (Phi) is 3.29. The summed E-state index contributed by atoms with van der Waals surface area (Å²) in [7, 11) is 0. The molecule has 0 aliphatic carbocycles. The number of carboxylic acids is 1. The van der Waals surface area contributed by atoms with Gasteiger partial charge in [-0.25, -0.2) is 4.79 Å². The number of amides is 1. The predicted molar refractivity (Wildman–Crippen MR) is 64.3 cm³/mol.